The Hall–Kier alpha value is -3.15. The zero-order valence-corrected chi connectivity index (χ0v) is 17.1. The summed E-state index contributed by atoms with van der Waals surface area (Å²) in [5, 5.41) is 5.58. The Bertz CT molecular complexity index is 923. The second kappa shape index (κ2) is 8.90. The van der Waals surface area contributed by atoms with Crippen molar-refractivity contribution < 1.29 is 14.4 Å². The van der Waals surface area contributed by atoms with E-state index >= 15 is 0 Å². The van der Waals surface area contributed by atoms with E-state index < -0.39 is 5.92 Å². The third-order valence-corrected chi connectivity index (χ3v) is 5.07. The minimum Gasteiger partial charge on any atom is -0.352 e. The summed E-state index contributed by atoms with van der Waals surface area (Å²) in [6.45, 7) is 6.95. The van der Waals surface area contributed by atoms with Crippen LogP contribution in [-0.2, 0) is 9.59 Å². The number of nitrogens with zero attached hydrogens (tertiary/aromatic N) is 1. The first-order valence-electron chi connectivity index (χ1n) is 9.98. The molecule has 0 spiro atoms. The molecular formula is C23H27N3O3. The standard InChI is InChI=1S/C23H27N3O3/c1-4-24-22(28)17-8-5-9-19(11-17)25-23(29)18-13-21(27)26(14-18)20-10-6-7-16(12-20)15(2)3/h5-12,15,18H,4,13-14H2,1-3H3,(H,24,28)(H,25,29). The lowest BCUT2D eigenvalue weighted by molar-refractivity contribution is -0.122. The lowest BCUT2D eigenvalue weighted by Gasteiger charge is -2.18. The van der Waals surface area contributed by atoms with Crippen molar-refractivity contribution in [3.05, 3.63) is 59.7 Å². The molecular weight excluding hydrogens is 366 g/mol. The van der Waals surface area contributed by atoms with Gasteiger partial charge in [0.1, 0.15) is 0 Å². The van der Waals surface area contributed by atoms with Crippen LogP contribution in [0.4, 0.5) is 11.4 Å². The first-order chi connectivity index (χ1) is 13.9. The molecule has 152 valence electrons. The lowest BCUT2D eigenvalue weighted by atomic mass is 10.0. The number of amides is 3. The number of carbonyl (C=O) groups is 3. The van der Waals surface area contributed by atoms with Gasteiger partial charge < -0.3 is 15.5 Å². The smallest absolute Gasteiger partial charge is 0.251 e. The van der Waals surface area contributed by atoms with Crippen LogP contribution in [0.2, 0.25) is 0 Å². The Morgan fingerprint density at radius 2 is 1.90 bits per heavy atom. The molecule has 6 nitrogen and oxygen atoms in total. The first-order valence-corrected chi connectivity index (χ1v) is 9.98. The van der Waals surface area contributed by atoms with Crippen molar-refractivity contribution in [1.29, 1.82) is 0 Å². The van der Waals surface area contributed by atoms with E-state index in [9.17, 15) is 14.4 Å². The summed E-state index contributed by atoms with van der Waals surface area (Å²) < 4.78 is 0. The zero-order valence-electron chi connectivity index (χ0n) is 17.1. The van der Waals surface area contributed by atoms with Gasteiger partial charge in [-0.1, -0.05) is 32.0 Å². The number of hydrogen-bond acceptors (Lipinski definition) is 3. The Morgan fingerprint density at radius 3 is 2.62 bits per heavy atom. The third kappa shape index (κ3) is 4.83. The Kier molecular flexibility index (Phi) is 6.32. The van der Waals surface area contributed by atoms with Crippen molar-refractivity contribution >= 4 is 29.1 Å². The monoisotopic (exact) mass is 393 g/mol. The SMILES string of the molecule is CCNC(=O)c1cccc(NC(=O)C2CC(=O)N(c3cccc(C(C)C)c3)C2)c1. The Labute approximate surface area is 171 Å². The highest BCUT2D eigenvalue weighted by atomic mass is 16.2. The van der Waals surface area contributed by atoms with Gasteiger partial charge in [0, 0.05) is 36.4 Å². The number of carbonyl (C=O) groups excluding carboxylic acids is 3. The van der Waals surface area contributed by atoms with E-state index in [0.29, 0.717) is 30.3 Å². The quantitative estimate of drug-likeness (QED) is 0.788. The van der Waals surface area contributed by atoms with E-state index in [-0.39, 0.29) is 24.1 Å². The second-order valence-electron chi connectivity index (χ2n) is 7.58. The molecule has 0 aliphatic carbocycles. The van der Waals surface area contributed by atoms with Crippen LogP contribution in [0, 0.1) is 5.92 Å². The number of benzene rings is 2. The molecule has 1 aliphatic rings. The second-order valence-corrected chi connectivity index (χ2v) is 7.58. The largest absolute Gasteiger partial charge is 0.352 e. The Balaban J connectivity index is 1.69. The summed E-state index contributed by atoms with van der Waals surface area (Å²) >= 11 is 0. The van der Waals surface area contributed by atoms with E-state index in [1.165, 1.54) is 0 Å². The molecule has 1 atom stereocenters. The number of nitrogens with one attached hydrogen (secondary N) is 2. The summed E-state index contributed by atoms with van der Waals surface area (Å²) in [7, 11) is 0. The molecule has 1 fully saturated rings. The van der Waals surface area contributed by atoms with Gasteiger partial charge in [0.15, 0.2) is 0 Å². The van der Waals surface area contributed by atoms with Crippen LogP contribution in [0.1, 0.15) is 49.0 Å². The fourth-order valence-electron chi connectivity index (χ4n) is 3.43. The molecule has 1 heterocycles. The fourth-order valence-corrected chi connectivity index (χ4v) is 3.43. The minimum atomic E-state index is -0.432. The maximum Gasteiger partial charge on any atom is 0.251 e. The molecule has 0 radical (unpaired) electrons. The number of anilines is 2. The van der Waals surface area contributed by atoms with Gasteiger partial charge in [-0.15, -0.1) is 0 Å². The topological polar surface area (TPSA) is 78.5 Å². The van der Waals surface area contributed by atoms with Gasteiger partial charge in [0.25, 0.3) is 5.91 Å². The summed E-state index contributed by atoms with van der Waals surface area (Å²) in [5.41, 5.74) is 3.02. The van der Waals surface area contributed by atoms with E-state index in [2.05, 4.69) is 24.5 Å². The van der Waals surface area contributed by atoms with Crippen molar-refractivity contribution in [2.45, 2.75) is 33.1 Å². The molecule has 6 heteroatoms. The van der Waals surface area contributed by atoms with E-state index in [1.54, 1.807) is 29.2 Å². The summed E-state index contributed by atoms with van der Waals surface area (Å²) in [4.78, 5) is 38.9. The van der Waals surface area contributed by atoms with Gasteiger partial charge in [-0.25, -0.2) is 0 Å². The van der Waals surface area contributed by atoms with Crippen LogP contribution in [0.3, 0.4) is 0 Å². The van der Waals surface area contributed by atoms with Gasteiger partial charge in [-0.3, -0.25) is 14.4 Å². The van der Waals surface area contributed by atoms with Crippen molar-refractivity contribution in [2.75, 3.05) is 23.3 Å². The molecule has 1 unspecified atom stereocenters. The number of hydrogen-bond donors (Lipinski definition) is 2. The molecule has 2 aromatic carbocycles. The lowest BCUT2D eigenvalue weighted by Crippen LogP contribution is -2.28. The van der Waals surface area contributed by atoms with Crippen molar-refractivity contribution in [3.63, 3.8) is 0 Å². The molecule has 29 heavy (non-hydrogen) atoms. The van der Waals surface area contributed by atoms with Gasteiger partial charge >= 0.3 is 0 Å². The average molecular weight is 393 g/mol. The maximum absolute atomic E-state index is 12.7. The molecule has 3 amide bonds. The van der Waals surface area contributed by atoms with Crippen LogP contribution < -0.4 is 15.5 Å². The van der Waals surface area contributed by atoms with Crippen LogP contribution >= 0.6 is 0 Å². The highest BCUT2D eigenvalue weighted by molar-refractivity contribution is 6.04. The highest BCUT2D eigenvalue weighted by Gasteiger charge is 2.35. The molecule has 1 saturated heterocycles. The fraction of sp³-hybridized carbons (Fsp3) is 0.348. The zero-order chi connectivity index (χ0) is 21.0. The number of rotatable bonds is 6. The molecule has 1 aliphatic heterocycles. The summed E-state index contributed by atoms with van der Waals surface area (Å²) in [5.74, 6) is -0.519. The first kappa shape index (κ1) is 20.6. The molecule has 0 saturated carbocycles. The minimum absolute atomic E-state index is 0.0536. The molecule has 2 aromatic rings. The summed E-state index contributed by atoms with van der Waals surface area (Å²) in [6, 6.07) is 14.7. The van der Waals surface area contributed by atoms with Gasteiger partial charge in [0.2, 0.25) is 11.8 Å². The predicted molar refractivity (Wildman–Crippen MR) is 114 cm³/mol. The van der Waals surface area contributed by atoms with Crippen molar-refractivity contribution in [3.8, 4) is 0 Å². The molecule has 2 N–H and O–H groups in total. The normalized spacial score (nSPS) is 16.2. The van der Waals surface area contributed by atoms with Crippen LogP contribution in [0.25, 0.3) is 0 Å². The van der Waals surface area contributed by atoms with Gasteiger partial charge in [0.05, 0.1) is 5.92 Å². The highest BCUT2D eigenvalue weighted by Crippen LogP contribution is 2.28. The predicted octanol–water partition coefficient (Wildman–Crippen LogP) is 3.55. The summed E-state index contributed by atoms with van der Waals surface area (Å²) in [6.07, 6.45) is 0.174. The van der Waals surface area contributed by atoms with E-state index in [4.69, 9.17) is 0 Å². The maximum atomic E-state index is 12.7. The van der Waals surface area contributed by atoms with Crippen molar-refractivity contribution in [1.82, 2.24) is 5.32 Å². The molecule has 0 bridgehead atoms. The molecule has 3 rings (SSSR count). The van der Waals surface area contributed by atoms with E-state index in [0.717, 1.165) is 11.3 Å². The van der Waals surface area contributed by atoms with Gasteiger partial charge in [-0.05, 0) is 48.7 Å². The Morgan fingerprint density at radius 1 is 1.14 bits per heavy atom. The van der Waals surface area contributed by atoms with E-state index in [1.807, 2.05) is 31.2 Å². The van der Waals surface area contributed by atoms with Crippen LogP contribution in [0.15, 0.2) is 48.5 Å². The third-order valence-electron chi connectivity index (χ3n) is 5.07. The average Bonchev–Trinajstić information content (AvgIpc) is 3.10. The van der Waals surface area contributed by atoms with Crippen LogP contribution in [0.5, 0.6) is 0 Å². The van der Waals surface area contributed by atoms with Crippen molar-refractivity contribution in [2.24, 2.45) is 5.92 Å². The van der Waals surface area contributed by atoms with Gasteiger partial charge in [-0.2, -0.15) is 0 Å². The molecule has 0 aromatic heterocycles. The van der Waals surface area contributed by atoms with Crippen LogP contribution in [-0.4, -0.2) is 30.8 Å².